The number of nitrogens with one attached hydrogen (secondary N) is 1. The highest BCUT2D eigenvalue weighted by Gasteiger charge is 2.29. The number of hydrogen-bond acceptors (Lipinski definition) is 3. The van der Waals surface area contributed by atoms with Gasteiger partial charge in [-0.15, -0.1) is 0 Å². The third-order valence-electron chi connectivity index (χ3n) is 4.22. The SMILES string of the molecule is CC(C)CN1CCN(C2CCCNC2C)CC1. The maximum absolute atomic E-state index is 3.62. The van der Waals surface area contributed by atoms with E-state index < -0.39 is 0 Å². The van der Waals surface area contributed by atoms with E-state index in [1.165, 1.54) is 52.1 Å². The Kier molecular flexibility index (Phi) is 4.83. The molecular formula is C14H29N3. The molecule has 2 fully saturated rings. The smallest absolute Gasteiger partial charge is 0.0248 e. The Morgan fingerprint density at radius 2 is 1.88 bits per heavy atom. The first-order valence-electron chi connectivity index (χ1n) is 7.36. The van der Waals surface area contributed by atoms with Crippen LogP contribution in [0.3, 0.4) is 0 Å². The Morgan fingerprint density at radius 3 is 2.47 bits per heavy atom. The fourth-order valence-electron chi connectivity index (χ4n) is 3.32. The highest BCUT2D eigenvalue weighted by Crippen LogP contribution is 2.17. The first kappa shape index (κ1) is 13.3. The van der Waals surface area contributed by atoms with Crippen molar-refractivity contribution in [2.75, 3.05) is 39.3 Å². The predicted molar refractivity (Wildman–Crippen MR) is 73.3 cm³/mol. The van der Waals surface area contributed by atoms with Gasteiger partial charge in [0.1, 0.15) is 0 Å². The molecule has 3 nitrogen and oxygen atoms in total. The van der Waals surface area contributed by atoms with Crippen LogP contribution in [-0.4, -0.2) is 61.2 Å². The minimum atomic E-state index is 0.681. The molecule has 0 aromatic carbocycles. The number of nitrogens with zero attached hydrogens (tertiary/aromatic N) is 2. The van der Waals surface area contributed by atoms with Crippen molar-refractivity contribution in [2.45, 2.75) is 45.7 Å². The van der Waals surface area contributed by atoms with Crippen molar-refractivity contribution in [3.63, 3.8) is 0 Å². The molecule has 17 heavy (non-hydrogen) atoms. The van der Waals surface area contributed by atoms with Gasteiger partial charge in [-0.1, -0.05) is 13.8 Å². The summed E-state index contributed by atoms with van der Waals surface area (Å²) in [5, 5.41) is 3.62. The van der Waals surface area contributed by atoms with E-state index in [0.29, 0.717) is 6.04 Å². The van der Waals surface area contributed by atoms with Crippen molar-refractivity contribution in [2.24, 2.45) is 5.92 Å². The Balaban J connectivity index is 1.78. The van der Waals surface area contributed by atoms with E-state index in [0.717, 1.165) is 12.0 Å². The van der Waals surface area contributed by atoms with Crippen molar-refractivity contribution in [3.8, 4) is 0 Å². The van der Waals surface area contributed by atoms with Gasteiger partial charge in [0.25, 0.3) is 0 Å². The van der Waals surface area contributed by atoms with Gasteiger partial charge in [0.15, 0.2) is 0 Å². The monoisotopic (exact) mass is 239 g/mol. The van der Waals surface area contributed by atoms with Crippen LogP contribution in [0.5, 0.6) is 0 Å². The molecule has 2 atom stereocenters. The maximum atomic E-state index is 3.62. The van der Waals surface area contributed by atoms with Crippen LogP contribution in [0.25, 0.3) is 0 Å². The fourth-order valence-corrected chi connectivity index (χ4v) is 3.32. The van der Waals surface area contributed by atoms with Gasteiger partial charge in [-0.05, 0) is 32.2 Å². The van der Waals surface area contributed by atoms with Crippen molar-refractivity contribution in [1.82, 2.24) is 15.1 Å². The van der Waals surface area contributed by atoms with Gasteiger partial charge in [-0.2, -0.15) is 0 Å². The molecule has 2 saturated heterocycles. The lowest BCUT2D eigenvalue weighted by Crippen LogP contribution is -2.57. The van der Waals surface area contributed by atoms with Crippen LogP contribution in [-0.2, 0) is 0 Å². The molecule has 100 valence electrons. The quantitative estimate of drug-likeness (QED) is 0.803. The molecule has 2 aliphatic rings. The van der Waals surface area contributed by atoms with Gasteiger partial charge < -0.3 is 10.2 Å². The number of hydrogen-bond donors (Lipinski definition) is 1. The minimum Gasteiger partial charge on any atom is -0.313 e. The lowest BCUT2D eigenvalue weighted by Gasteiger charge is -2.44. The van der Waals surface area contributed by atoms with Crippen molar-refractivity contribution >= 4 is 0 Å². The van der Waals surface area contributed by atoms with Gasteiger partial charge in [0.05, 0.1) is 0 Å². The van der Waals surface area contributed by atoms with Gasteiger partial charge in [0, 0.05) is 44.8 Å². The van der Waals surface area contributed by atoms with Crippen LogP contribution in [0.15, 0.2) is 0 Å². The van der Waals surface area contributed by atoms with E-state index in [1.54, 1.807) is 0 Å². The van der Waals surface area contributed by atoms with E-state index in [4.69, 9.17) is 0 Å². The van der Waals surface area contributed by atoms with Crippen LogP contribution in [0.1, 0.15) is 33.6 Å². The molecule has 3 heteroatoms. The Labute approximate surface area is 107 Å². The second-order valence-electron chi connectivity index (χ2n) is 6.18. The molecule has 0 aromatic heterocycles. The molecule has 2 heterocycles. The van der Waals surface area contributed by atoms with Crippen LogP contribution >= 0.6 is 0 Å². The molecule has 0 saturated carbocycles. The van der Waals surface area contributed by atoms with Crippen molar-refractivity contribution in [1.29, 1.82) is 0 Å². The number of piperazine rings is 1. The molecule has 0 aliphatic carbocycles. The van der Waals surface area contributed by atoms with Gasteiger partial charge in [-0.3, -0.25) is 4.90 Å². The van der Waals surface area contributed by atoms with Gasteiger partial charge in [0.2, 0.25) is 0 Å². The highest BCUT2D eigenvalue weighted by atomic mass is 15.3. The third kappa shape index (κ3) is 3.67. The zero-order valence-corrected chi connectivity index (χ0v) is 11.8. The molecule has 2 unspecified atom stereocenters. The fraction of sp³-hybridized carbons (Fsp3) is 1.00. The topological polar surface area (TPSA) is 18.5 Å². The molecule has 0 spiro atoms. The van der Waals surface area contributed by atoms with E-state index in [1.807, 2.05) is 0 Å². The first-order valence-corrected chi connectivity index (χ1v) is 7.36. The number of rotatable bonds is 3. The Hall–Kier alpha value is -0.120. The van der Waals surface area contributed by atoms with Gasteiger partial charge in [-0.25, -0.2) is 0 Å². The second kappa shape index (κ2) is 6.17. The summed E-state index contributed by atoms with van der Waals surface area (Å²) in [6.45, 7) is 14.5. The zero-order chi connectivity index (χ0) is 12.3. The van der Waals surface area contributed by atoms with E-state index in [9.17, 15) is 0 Å². The molecule has 0 aromatic rings. The Morgan fingerprint density at radius 1 is 1.18 bits per heavy atom. The minimum absolute atomic E-state index is 0.681. The van der Waals surface area contributed by atoms with Crippen LogP contribution < -0.4 is 5.32 Å². The molecule has 1 N–H and O–H groups in total. The van der Waals surface area contributed by atoms with Crippen LogP contribution in [0.4, 0.5) is 0 Å². The average Bonchev–Trinajstić information content (AvgIpc) is 2.30. The van der Waals surface area contributed by atoms with Crippen molar-refractivity contribution in [3.05, 3.63) is 0 Å². The number of piperidine rings is 1. The summed E-state index contributed by atoms with van der Waals surface area (Å²) in [7, 11) is 0. The lowest BCUT2D eigenvalue weighted by atomic mass is 9.97. The summed E-state index contributed by atoms with van der Waals surface area (Å²) in [5.41, 5.74) is 0. The normalized spacial score (nSPS) is 33.2. The predicted octanol–water partition coefficient (Wildman–Crippen LogP) is 1.40. The Bertz CT molecular complexity index is 222. The first-order chi connectivity index (χ1) is 8.16. The zero-order valence-electron chi connectivity index (χ0n) is 11.8. The second-order valence-corrected chi connectivity index (χ2v) is 6.18. The molecule has 2 aliphatic heterocycles. The molecule has 0 bridgehead atoms. The summed E-state index contributed by atoms with van der Waals surface area (Å²) in [5.74, 6) is 0.803. The summed E-state index contributed by atoms with van der Waals surface area (Å²) in [4.78, 5) is 5.34. The average molecular weight is 239 g/mol. The highest BCUT2D eigenvalue weighted by molar-refractivity contribution is 4.88. The van der Waals surface area contributed by atoms with E-state index >= 15 is 0 Å². The maximum Gasteiger partial charge on any atom is 0.0248 e. The molecule has 0 amide bonds. The van der Waals surface area contributed by atoms with Gasteiger partial charge >= 0.3 is 0 Å². The van der Waals surface area contributed by atoms with Crippen LogP contribution in [0.2, 0.25) is 0 Å². The summed E-state index contributed by atoms with van der Waals surface area (Å²) < 4.78 is 0. The molecule has 0 radical (unpaired) electrons. The third-order valence-corrected chi connectivity index (χ3v) is 4.22. The standard InChI is InChI=1S/C14H29N3/c1-12(2)11-16-7-9-17(10-8-16)14-5-4-6-15-13(14)3/h12-15H,4-11H2,1-3H3. The summed E-state index contributed by atoms with van der Waals surface area (Å²) in [6.07, 6.45) is 2.74. The molecule has 2 rings (SSSR count). The van der Waals surface area contributed by atoms with Crippen LogP contribution in [0, 0.1) is 5.92 Å². The largest absolute Gasteiger partial charge is 0.313 e. The van der Waals surface area contributed by atoms with E-state index in [2.05, 4.69) is 35.9 Å². The van der Waals surface area contributed by atoms with Crippen molar-refractivity contribution < 1.29 is 0 Å². The lowest BCUT2D eigenvalue weighted by molar-refractivity contribution is 0.0628. The summed E-state index contributed by atoms with van der Waals surface area (Å²) >= 11 is 0. The summed E-state index contributed by atoms with van der Waals surface area (Å²) in [6, 6.07) is 1.46. The molecular weight excluding hydrogens is 210 g/mol. The van der Waals surface area contributed by atoms with E-state index in [-0.39, 0.29) is 0 Å².